The van der Waals surface area contributed by atoms with Gasteiger partial charge in [0.2, 0.25) is 5.91 Å². The standard InChI is InChI=1S/C21H20F5N5O5/c1-29-14-8-11(2-3-12(14)17(28-29)31-7-5-15(32)27-19(31)35)13-4-6-30(10-20(13,22)23)9-16(33)36-18(34)21(24,25)26/h2-3,8,13H,4-7,9-10H2,1H3,(H,27,32,35)/t13-/m1/s1. The zero-order valence-electron chi connectivity index (χ0n) is 18.8. The molecule has 10 nitrogen and oxygen atoms in total. The maximum Gasteiger partial charge on any atom is 0.491 e. The van der Waals surface area contributed by atoms with Crippen LogP contribution in [0.2, 0.25) is 0 Å². The summed E-state index contributed by atoms with van der Waals surface area (Å²) < 4.78 is 71.9. The number of esters is 2. The second kappa shape index (κ2) is 9.11. The van der Waals surface area contributed by atoms with Gasteiger partial charge in [-0.1, -0.05) is 6.07 Å². The molecule has 2 fully saturated rings. The summed E-state index contributed by atoms with van der Waals surface area (Å²) in [5.41, 5.74) is 0.745. The maximum atomic E-state index is 15.0. The van der Waals surface area contributed by atoms with Gasteiger partial charge >= 0.3 is 24.1 Å². The highest BCUT2D eigenvalue weighted by atomic mass is 19.4. The van der Waals surface area contributed by atoms with E-state index in [0.29, 0.717) is 10.9 Å². The molecule has 1 atom stereocenters. The largest absolute Gasteiger partial charge is 0.491 e. The normalized spacial score (nSPS) is 20.9. The fraction of sp³-hybridized carbons (Fsp3) is 0.476. The number of benzene rings is 1. The minimum Gasteiger partial charge on any atom is -0.385 e. The third kappa shape index (κ3) is 5.01. The fourth-order valence-corrected chi connectivity index (χ4v) is 4.37. The van der Waals surface area contributed by atoms with Gasteiger partial charge in [-0.15, -0.1) is 0 Å². The lowest BCUT2D eigenvalue weighted by Crippen LogP contribution is -2.49. The summed E-state index contributed by atoms with van der Waals surface area (Å²) in [6.07, 6.45) is -5.41. The Labute approximate surface area is 199 Å². The van der Waals surface area contributed by atoms with Gasteiger partial charge in [0.1, 0.15) is 0 Å². The number of likely N-dealkylation sites (tertiary alicyclic amines) is 1. The van der Waals surface area contributed by atoms with E-state index in [2.05, 4.69) is 15.2 Å². The van der Waals surface area contributed by atoms with Crippen LogP contribution in [0.4, 0.5) is 32.6 Å². The smallest absolute Gasteiger partial charge is 0.385 e. The van der Waals surface area contributed by atoms with Crippen LogP contribution in [-0.2, 0) is 26.2 Å². The number of carbonyl (C=O) groups is 4. The first kappa shape index (κ1) is 25.5. The number of imide groups is 1. The molecule has 3 amide bonds. The van der Waals surface area contributed by atoms with Crippen molar-refractivity contribution in [1.29, 1.82) is 0 Å². The quantitative estimate of drug-likeness (QED) is 0.375. The molecule has 2 aliphatic rings. The first-order valence-corrected chi connectivity index (χ1v) is 10.8. The van der Waals surface area contributed by atoms with Crippen molar-refractivity contribution < 1.29 is 45.9 Å². The van der Waals surface area contributed by atoms with Gasteiger partial charge in [-0.05, 0) is 30.7 Å². The van der Waals surface area contributed by atoms with E-state index in [1.54, 1.807) is 13.1 Å². The third-order valence-electron chi connectivity index (χ3n) is 6.04. The predicted molar refractivity (Wildman–Crippen MR) is 112 cm³/mol. The average molecular weight is 517 g/mol. The number of nitrogens with one attached hydrogen (secondary N) is 1. The summed E-state index contributed by atoms with van der Waals surface area (Å²) in [5, 5.41) is 7.03. The Bertz CT molecular complexity index is 1240. The van der Waals surface area contributed by atoms with Gasteiger partial charge in [0.15, 0.2) is 5.82 Å². The molecule has 2 saturated heterocycles. The maximum absolute atomic E-state index is 15.0. The van der Waals surface area contributed by atoms with Crippen LogP contribution in [0.25, 0.3) is 10.9 Å². The Balaban J connectivity index is 1.49. The first-order chi connectivity index (χ1) is 16.8. The highest BCUT2D eigenvalue weighted by Crippen LogP contribution is 2.41. The Hall–Kier alpha value is -3.62. The Morgan fingerprint density at radius 3 is 2.58 bits per heavy atom. The zero-order chi connectivity index (χ0) is 26.4. The summed E-state index contributed by atoms with van der Waals surface area (Å²) in [4.78, 5) is 48.2. The molecule has 1 aromatic carbocycles. The van der Waals surface area contributed by atoms with Crippen molar-refractivity contribution in [1.82, 2.24) is 20.0 Å². The van der Waals surface area contributed by atoms with Gasteiger partial charge in [0, 0.05) is 25.4 Å². The Kier molecular flexibility index (Phi) is 6.45. The number of carbonyl (C=O) groups excluding carboxylic acids is 4. The minimum atomic E-state index is -5.37. The van der Waals surface area contributed by atoms with Crippen LogP contribution >= 0.6 is 0 Å². The highest BCUT2D eigenvalue weighted by molar-refractivity contribution is 6.08. The molecule has 4 rings (SSSR count). The number of anilines is 1. The summed E-state index contributed by atoms with van der Waals surface area (Å²) in [7, 11) is 1.58. The van der Waals surface area contributed by atoms with Crippen LogP contribution in [0.15, 0.2) is 18.2 Å². The van der Waals surface area contributed by atoms with Crippen molar-refractivity contribution in [3.8, 4) is 0 Å². The number of rotatable bonds is 4. The molecule has 0 aliphatic carbocycles. The van der Waals surface area contributed by atoms with E-state index in [-0.39, 0.29) is 37.3 Å². The summed E-state index contributed by atoms with van der Waals surface area (Å²) in [6.45, 7) is -1.75. The number of ether oxygens (including phenoxy) is 1. The van der Waals surface area contributed by atoms with Gasteiger partial charge in [-0.3, -0.25) is 29.4 Å². The molecule has 1 aromatic heterocycles. The lowest BCUT2D eigenvalue weighted by Gasteiger charge is -2.38. The highest BCUT2D eigenvalue weighted by Gasteiger charge is 2.47. The van der Waals surface area contributed by atoms with Crippen LogP contribution < -0.4 is 10.2 Å². The van der Waals surface area contributed by atoms with Crippen LogP contribution in [0.3, 0.4) is 0 Å². The van der Waals surface area contributed by atoms with Crippen molar-refractivity contribution in [2.24, 2.45) is 7.05 Å². The molecule has 0 radical (unpaired) electrons. The number of fused-ring (bicyclic) bond motifs is 1. The fourth-order valence-electron chi connectivity index (χ4n) is 4.37. The third-order valence-corrected chi connectivity index (χ3v) is 6.04. The van der Waals surface area contributed by atoms with E-state index in [1.165, 1.54) is 21.7 Å². The van der Waals surface area contributed by atoms with Crippen molar-refractivity contribution in [2.45, 2.75) is 30.9 Å². The van der Waals surface area contributed by atoms with Crippen LogP contribution in [0.1, 0.15) is 24.3 Å². The van der Waals surface area contributed by atoms with Gasteiger partial charge in [0.25, 0.3) is 5.92 Å². The molecule has 2 aromatic rings. The molecule has 1 N–H and O–H groups in total. The number of halogens is 5. The van der Waals surface area contributed by atoms with E-state index >= 15 is 8.78 Å². The predicted octanol–water partition coefficient (Wildman–Crippen LogP) is 2.08. The molecule has 194 valence electrons. The van der Waals surface area contributed by atoms with Gasteiger partial charge in [0.05, 0.1) is 24.5 Å². The van der Waals surface area contributed by atoms with E-state index in [9.17, 15) is 32.3 Å². The first-order valence-electron chi connectivity index (χ1n) is 10.8. The van der Waals surface area contributed by atoms with Crippen LogP contribution in [-0.4, -0.2) is 76.8 Å². The summed E-state index contributed by atoms with van der Waals surface area (Å²) >= 11 is 0. The lowest BCUT2D eigenvalue weighted by atomic mass is 9.86. The van der Waals surface area contributed by atoms with E-state index in [1.807, 2.05) is 0 Å². The van der Waals surface area contributed by atoms with Gasteiger partial charge < -0.3 is 4.74 Å². The number of alkyl halides is 5. The number of amides is 3. The number of nitrogens with zero attached hydrogens (tertiary/aromatic N) is 4. The second-order valence-electron chi connectivity index (χ2n) is 8.55. The number of hydrogen-bond donors (Lipinski definition) is 1. The number of aryl methyl sites for hydroxylation is 1. The second-order valence-corrected chi connectivity index (χ2v) is 8.55. The summed E-state index contributed by atoms with van der Waals surface area (Å²) in [6, 6.07) is 3.91. The monoisotopic (exact) mass is 517 g/mol. The van der Waals surface area contributed by atoms with Crippen molar-refractivity contribution in [3.05, 3.63) is 23.8 Å². The molecule has 0 saturated carbocycles. The molecule has 0 unspecified atom stereocenters. The molecule has 2 aliphatic heterocycles. The lowest BCUT2D eigenvalue weighted by molar-refractivity contribution is -0.202. The van der Waals surface area contributed by atoms with Gasteiger partial charge in [-0.25, -0.2) is 18.4 Å². The van der Waals surface area contributed by atoms with E-state index < -0.39 is 55.0 Å². The van der Waals surface area contributed by atoms with E-state index in [4.69, 9.17) is 0 Å². The molecule has 0 bridgehead atoms. The SMILES string of the molecule is Cn1nc(N2CCC(=O)NC2=O)c2ccc([C@H]3CCN(CC(=O)OC(=O)C(F)(F)F)CC3(F)F)cc21. The van der Waals surface area contributed by atoms with Crippen molar-refractivity contribution in [3.63, 3.8) is 0 Å². The van der Waals surface area contributed by atoms with Crippen LogP contribution in [0, 0.1) is 0 Å². The average Bonchev–Trinajstić information content (AvgIpc) is 3.08. The number of piperidine rings is 1. The zero-order valence-corrected chi connectivity index (χ0v) is 18.8. The number of urea groups is 1. The molecule has 36 heavy (non-hydrogen) atoms. The molecule has 3 heterocycles. The molecule has 0 spiro atoms. The minimum absolute atomic E-state index is 0.0494. The Morgan fingerprint density at radius 2 is 1.94 bits per heavy atom. The van der Waals surface area contributed by atoms with Gasteiger partial charge in [-0.2, -0.15) is 18.3 Å². The topological polar surface area (TPSA) is 114 Å². The Morgan fingerprint density at radius 1 is 1.22 bits per heavy atom. The number of hydrogen-bond acceptors (Lipinski definition) is 7. The van der Waals surface area contributed by atoms with Crippen molar-refractivity contribution >= 4 is 40.6 Å². The number of aromatic nitrogens is 2. The molecular formula is C21H20F5N5O5. The summed E-state index contributed by atoms with van der Waals surface area (Å²) in [5.74, 6) is -9.02. The molecular weight excluding hydrogens is 497 g/mol. The van der Waals surface area contributed by atoms with E-state index in [0.717, 1.165) is 4.90 Å². The molecule has 15 heteroatoms. The van der Waals surface area contributed by atoms with Crippen molar-refractivity contribution in [2.75, 3.05) is 31.1 Å². The van der Waals surface area contributed by atoms with Crippen LogP contribution in [0.5, 0.6) is 0 Å².